The van der Waals surface area contributed by atoms with Gasteiger partial charge in [-0.05, 0) is 38.3 Å². The molecule has 0 spiro atoms. The van der Waals surface area contributed by atoms with E-state index in [1.165, 1.54) is 32.2 Å². The highest BCUT2D eigenvalue weighted by Crippen LogP contribution is 2.21. The van der Waals surface area contributed by atoms with E-state index in [-0.39, 0.29) is 5.56 Å². The van der Waals surface area contributed by atoms with Crippen LogP contribution in [0, 0.1) is 0 Å². The van der Waals surface area contributed by atoms with Crippen molar-refractivity contribution in [1.29, 1.82) is 0 Å². The van der Waals surface area contributed by atoms with Gasteiger partial charge >= 0.3 is 0 Å². The predicted molar refractivity (Wildman–Crippen MR) is 78.3 cm³/mol. The number of hydrogen-bond donors (Lipinski definition) is 0. The van der Waals surface area contributed by atoms with Crippen molar-refractivity contribution in [2.24, 2.45) is 0 Å². The standard InChI is InChI=1S/C14H21BrN2O/c15-8-3-5-13-6-4-10-16(13)11-12-17-9-2-1-7-14(17)18/h1-2,7,9,13H,3-6,8,10-12H2. The monoisotopic (exact) mass is 312 g/mol. The molecular weight excluding hydrogens is 292 g/mol. The minimum Gasteiger partial charge on any atom is -0.314 e. The molecule has 1 atom stereocenters. The Labute approximate surface area is 117 Å². The maximum Gasteiger partial charge on any atom is 0.250 e. The third-order valence-corrected chi connectivity index (χ3v) is 4.26. The van der Waals surface area contributed by atoms with Crippen LogP contribution in [0.15, 0.2) is 29.2 Å². The second-order valence-corrected chi connectivity index (χ2v) is 5.69. The zero-order valence-electron chi connectivity index (χ0n) is 10.7. The Kier molecular flexibility index (Phi) is 5.45. The molecule has 0 radical (unpaired) electrons. The average Bonchev–Trinajstić information content (AvgIpc) is 2.83. The number of halogens is 1. The fraction of sp³-hybridized carbons (Fsp3) is 0.643. The first-order valence-corrected chi connectivity index (χ1v) is 7.89. The SMILES string of the molecule is O=c1ccccn1CCN1CCCC1CCCBr. The molecule has 4 heteroatoms. The Morgan fingerprint density at radius 1 is 1.33 bits per heavy atom. The Morgan fingerprint density at radius 2 is 2.22 bits per heavy atom. The number of likely N-dealkylation sites (tertiary alicyclic amines) is 1. The molecule has 100 valence electrons. The van der Waals surface area contributed by atoms with E-state index in [4.69, 9.17) is 0 Å². The number of nitrogens with zero attached hydrogens (tertiary/aromatic N) is 2. The lowest BCUT2D eigenvalue weighted by atomic mass is 10.1. The van der Waals surface area contributed by atoms with E-state index in [9.17, 15) is 4.79 Å². The maximum atomic E-state index is 11.6. The molecule has 2 heterocycles. The molecule has 18 heavy (non-hydrogen) atoms. The molecule has 2 rings (SSSR count). The van der Waals surface area contributed by atoms with Crippen LogP contribution in [0.3, 0.4) is 0 Å². The van der Waals surface area contributed by atoms with Crippen molar-refractivity contribution in [2.45, 2.75) is 38.3 Å². The molecule has 0 aliphatic carbocycles. The molecule has 1 aromatic heterocycles. The van der Waals surface area contributed by atoms with Crippen molar-refractivity contribution < 1.29 is 0 Å². The van der Waals surface area contributed by atoms with E-state index in [2.05, 4.69) is 20.8 Å². The summed E-state index contributed by atoms with van der Waals surface area (Å²) in [4.78, 5) is 14.2. The van der Waals surface area contributed by atoms with Gasteiger partial charge in [-0.15, -0.1) is 0 Å². The zero-order valence-corrected chi connectivity index (χ0v) is 12.3. The lowest BCUT2D eigenvalue weighted by molar-refractivity contribution is 0.232. The predicted octanol–water partition coefficient (Wildman–Crippen LogP) is 2.49. The smallest absolute Gasteiger partial charge is 0.250 e. The molecule has 3 nitrogen and oxygen atoms in total. The summed E-state index contributed by atoms with van der Waals surface area (Å²) in [6, 6.07) is 6.08. The van der Waals surface area contributed by atoms with Gasteiger partial charge in [-0.1, -0.05) is 22.0 Å². The van der Waals surface area contributed by atoms with Gasteiger partial charge in [0, 0.05) is 36.7 Å². The summed E-state index contributed by atoms with van der Waals surface area (Å²) in [7, 11) is 0. The summed E-state index contributed by atoms with van der Waals surface area (Å²) in [5, 5.41) is 1.09. The van der Waals surface area contributed by atoms with Crippen molar-refractivity contribution >= 4 is 15.9 Å². The molecule has 0 aromatic carbocycles. The number of rotatable bonds is 6. The number of hydrogen-bond acceptors (Lipinski definition) is 2. The molecule has 0 amide bonds. The summed E-state index contributed by atoms with van der Waals surface area (Å²) in [5.74, 6) is 0. The summed E-state index contributed by atoms with van der Waals surface area (Å²) in [6.07, 6.45) is 7.01. The van der Waals surface area contributed by atoms with Gasteiger partial charge in [0.15, 0.2) is 0 Å². The normalized spacial score (nSPS) is 20.4. The van der Waals surface area contributed by atoms with E-state index in [0.717, 1.165) is 24.5 Å². The molecule has 0 saturated carbocycles. The highest BCUT2D eigenvalue weighted by atomic mass is 79.9. The molecule has 0 N–H and O–H groups in total. The topological polar surface area (TPSA) is 25.2 Å². The van der Waals surface area contributed by atoms with E-state index in [1.807, 2.05) is 12.3 Å². The highest BCUT2D eigenvalue weighted by Gasteiger charge is 2.23. The van der Waals surface area contributed by atoms with Gasteiger partial charge < -0.3 is 4.57 Å². The molecule has 1 saturated heterocycles. The second kappa shape index (κ2) is 7.10. The molecule has 1 aliphatic heterocycles. The quantitative estimate of drug-likeness (QED) is 0.754. The van der Waals surface area contributed by atoms with Crippen molar-refractivity contribution in [3.63, 3.8) is 0 Å². The summed E-state index contributed by atoms with van der Waals surface area (Å²) < 4.78 is 1.81. The van der Waals surface area contributed by atoms with Crippen LogP contribution < -0.4 is 5.56 Å². The van der Waals surface area contributed by atoms with Gasteiger partial charge in [0.2, 0.25) is 0 Å². The third-order valence-electron chi connectivity index (χ3n) is 3.70. The second-order valence-electron chi connectivity index (χ2n) is 4.90. The van der Waals surface area contributed by atoms with E-state index < -0.39 is 0 Å². The number of pyridine rings is 1. The maximum absolute atomic E-state index is 11.6. The van der Waals surface area contributed by atoms with Gasteiger partial charge in [-0.2, -0.15) is 0 Å². The summed E-state index contributed by atoms with van der Waals surface area (Å²) >= 11 is 3.50. The van der Waals surface area contributed by atoms with Crippen molar-refractivity contribution in [1.82, 2.24) is 9.47 Å². The van der Waals surface area contributed by atoms with Crippen LogP contribution in [0.4, 0.5) is 0 Å². The first-order chi connectivity index (χ1) is 8.81. The first-order valence-electron chi connectivity index (χ1n) is 6.77. The number of aromatic nitrogens is 1. The lowest BCUT2D eigenvalue weighted by Gasteiger charge is -2.24. The summed E-state index contributed by atoms with van der Waals surface area (Å²) in [6.45, 7) is 3.00. The molecule has 1 aromatic rings. The zero-order chi connectivity index (χ0) is 12.8. The molecule has 0 bridgehead atoms. The van der Waals surface area contributed by atoms with Crippen molar-refractivity contribution in [3.05, 3.63) is 34.7 Å². The van der Waals surface area contributed by atoms with Crippen LogP contribution in [0.25, 0.3) is 0 Å². The Bertz CT molecular complexity index is 418. The van der Waals surface area contributed by atoms with Gasteiger partial charge in [0.1, 0.15) is 0 Å². The third kappa shape index (κ3) is 3.69. The van der Waals surface area contributed by atoms with Crippen molar-refractivity contribution in [2.75, 3.05) is 18.4 Å². The first kappa shape index (κ1) is 13.8. The minimum atomic E-state index is 0.105. The number of alkyl halides is 1. The molecule has 1 unspecified atom stereocenters. The highest BCUT2D eigenvalue weighted by molar-refractivity contribution is 9.09. The minimum absolute atomic E-state index is 0.105. The van der Waals surface area contributed by atoms with Crippen LogP contribution in [-0.2, 0) is 6.54 Å². The van der Waals surface area contributed by atoms with Crippen LogP contribution in [0.5, 0.6) is 0 Å². The van der Waals surface area contributed by atoms with Crippen LogP contribution in [-0.4, -0.2) is 33.9 Å². The lowest BCUT2D eigenvalue weighted by Crippen LogP contribution is -2.34. The van der Waals surface area contributed by atoms with E-state index in [0.29, 0.717) is 0 Å². The van der Waals surface area contributed by atoms with Crippen molar-refractivity contribution in [3.8, 4) is 0 Å². The fourth-order valence-corrected chi connectivity index (χ4v) is 3.03. The average molecular weight is 313 g/mol. The Balaban J connectivity index is 1.86. The van der Waals surface area contributed by atoms with E-state index >= 15 is 0 Å². The molecular formula is C14H21BrN2O. The van der Waals surface area contributed by atoms with Gasteiger partial charge in [-0.3, -0.25) is 9.69 Å². The van der Waals surface area contributed by atoms with Gasteiger partial charge in [-0.25, -0.2) is 0 Å². The Morgan fingerprint density at radius 3 is 3.00 bits per heavy atom. The van der Waals surface area contributed by atoms with Crippen LogP contribution in [0.1, 0.15) is 25.7 Å². The molecule has 1 aliphatic rings. The van der Waals surface area contributed by atoms with Crippen LogP contribution in [0.2, 0.25) is 0 Å². The van der Waals surface area contributed by atoms with Crippen LogP contribution >= 0.6 is 15.9 Å². The van der Waals surface area contributed by atoms with E-state index in [1.54, 1.807) is 16.7 Å². The fourth-order valence-electron chi connectivity index (χ4n) is 2.71. The largest absolute Gasteiger partial charge is 0.314 e. The Hall–Kier alpha value is -0.610. The van der Waals surface area contributed by atoms with Gasteiger partial charge in [0.05, 0.1) is 0 Å². The summed E-state index contributed by atoms with van der Waals surface area (Å²) in [5.41, 5.74) is 0.105. The van der Waals surface area contributed by atoms with Gasteiger partial charge in [0.25, 0.3) is 5.56 Å². The molecule has 1 fully saturated rings.